The molecule has 1 aliphatic heterocycles. The smallest absolute Gasteiger partial charge is 0.305 e. The summed E-state index contributed by atoms with van der Waals surface area (Å²) in [6, 6.07) is -0.433. The van der Waals surface area contributed by atoms with Crippen LogP contribution in [0.3, 0.4) is 0 Å². The van der Waals surface area contributed by atoms with Crippen LogP contribution in [0.15, 0.2) is 0 Å². The molecule has 1 heterocycles. The third kappa shape index (κ3) is 4.21. The van der Waals surface area contributed by atoms with Crippen molar-refractivity contribution in [3.8, 4) is 0 Å². The summed E-state index contributed by atoms with van der Waals surface area (Å²) >= 11 is 0. The normalized spacial score (nSPS) is 19.0. The van der Waals surface area contributed by atoms with Gasteiger partial charge in [0.1, 0.15) is 6.04 Å². The number of amides is 2. The van der Waals surface area contributed by atoms with Crippen molar-refractivity contribution >= 4 is 17.8 Å². The molecule has 0 radical (unpaired) electrons. The van der Waals surface area contributed by atoms with Crippen molar-refractivity contribution < 1.29 is 19.5 Å². The molecule has 6 heteroatoms. The first-order valence-corrected chi connectivity index (χ1v) is 7.11. The van der Waals surface area contributed by atoms with Crippen LogP contribution in [0.5, 0.6) is 0 Å². The van der Waals surface area contributed by atoms with E-state index in [0.29, 0.717) is 13.0 Å². The first-order chi connectivity index (χ1) is 9.34. The van der Waals surface area contributed by atoms with Crippen molar-refractivity contribution in [2.24, 2.45) is 5.92 Å². The number of hydrogen-bond acceptors (Lipinski definition) is 3. The van der Waals surface area contributed by atoms with Crippen LogP contribution in [-0.2, 0) is 14.4 Å². The number of carboxylic acid groups (broad SMARTS) is 1. The lowest BCUT2D eigenvalue weighted by Gasteiger charge is -2.37. The van der Waals surface area contributed by atoms with Gasteiger partial charge in [-0.25, -0.2) is 0 Å². The number of hydrogen-bond donors (Lipinski definition) is 1. The molecule has 1 fully saturated rings. The summed E-state index contributed by atoms with van der Waals surface area (Å²) in [5.74, 6) is -1.22. The van der Waals surface area contributed by atoms with Crippen LogP contribution in [0, 0.1) is 5.92 Å². The Balaban J connectivity index is 2.71. The van der Waals surface area contributed by atoms with Gasteiger partial charge in [-0.1, -0.05) is 13.8 Å². The van der Waals surface area contributed by atoms with Crippen molar-refractivity contribution in [2.75, 3.05) is 20.1 Å². The number of carbonyl (C=O) groups is 3. The molecule has 1 unspecified atom stereocenters. The SMILES string of the molecule is CC(C)C(=O)N1CCCCC1C(=O)N(C)CCC(=O)O. The predicted molar refractivity (Wildman–Crippen MR) is 74.1 cm³/mol. The predicted octanol–water partition coefficient (Wildman–Crippen LogP) is 0.957. The Morgan fingerprint density at radius 1 is 1.30 bits per heavy atom. The zero-order chi connectivity index (χ0) is 15.3. The molecule has 114 valence electrons. The van der Waals surface area contributed by atoms with Crippen LogP contribution < -0.4 is 0 Å². The number of likely N-dealkylation sites (tertiary alicyclic amines) is 1. The Hall–Kier alpha value is -1.59. The highest BCUT2D eigenvalue weighted by molar-refractivity contribution is 5.88. The maximum Gasteiger partial charge on any atom is 0.305 e. The molecule has 1 N–H and O–H groups in total. The van der Waals surface area contributed by atoms with Gasteiger partial charge in [-0.3, -0.25) is 14.4 Å². The molecule has 0 aromatic rings. The fourth-order valence-corrected chi connectivity index (χ4v) is 2.41. The lowest BCUT2D eigenvalue weighted by Crippen LogP contribution is -2.53. The zero-order valence-corrected chi connectivity index (χ0v) is 12.5. The van der Waals surface area contributed by atoms with Gasteiger partial charge in [0.15, 0.2) is 0 Å². The standard InChI is InChI=1S/C14H24N2O4/c1-10(2)13(19)16-8-5-4-6-11(16)14(20)15(3)9-7-12(17)18/h10-11H,4-9H2,1-3H3,(H,17,18). The zero-order valence-electron chi connectivity index (χ0n) is 12.5. The summed E-state index contributed by atoms with van der Waals surface area (Å²) in [5.41, 5.74) is 0. The molecule has 0 spiro atoms. The lowest BCUT2D eigenvalue weighted by atomic mass is 9.99. The van der Waals surface area contributed by atoms with Gasteiger partial charge in [0, 0.05) is 26.1 Å². The Kier molecular flexibility index (Phi) is 5.98. The van der Waals surface area contributed by atoms with Crippen molar-refractivity contribution in [1.29, 1.82) is 0 Å². The second kappa shape index (κ2) is 7.26. The molecule has 2 amide bonds. The first-order valence-electron chi connectivity index (χ1n) is 7.11. The molecule has 0 aliphatic carbocycles. The van der Waals surface area contributed by atoms with Crippen LogP contribution >= 0.6 is 0 Å². The molecular formula is C14H24N2O4. The quantitative estimate of drug-likeness (QED) is 0.815. The molecule has 20 heavy (non-hydrogen) atoms. The minimum absolute atomic E-state index is 0.00492. The van der Waals surface area contributed by atoms with Gasteiger partial charge in [-0.15, -0.1) is 0 Å². The van der Waals surface area contributed by atoms with Crippen molar-refractivity contribution in [1.82, 2.24) is 9.80 Å². The van der Waals surface area contributed by atoms with E-state index < -0.39 is 12.0 Å². The fourth-order valence-electron chi connectivity index (χ4n) is 2.41. The molecule has 1 rings (SSSR count). The lowest BCUT2D eigenvalue weighted by molar-refractivity contribution is -0.149. The molecule has 1 saturated heterocycles. The molecule has 6 nitrogen and oxygen atoms in total. The van der Waals surface area contributed by atoms with Crippen molar-refractivity contribution in [3.05, 3.63) is 0 Å². The number of carbonyl (C=O) groups excluding carboxylic acids is 2. The number of piperidine rings is 1. The van der Waals surface area contributed by atoms with Gasteiger partial charge in [-0.2, -0.15) is 0 Å². The Morgan fingerprint density at radius 3 is 2.50 bits per heavy atom. The maximum atomic E-state index is 12.4. The second-order valence-electron chi connectivity index (χ2n) is 5.60. The van der Waals surface area contributed by atoms with E-state index in [0.717, 1.165) is 12.8 Å². The van der Waals surface area contributed by atoms with Crippen LogP contribution in [0.1, 0.15) is 39.5 Å². The molecule has 0 bridgehead atoms. The van der Waals surface area contributed by atoms with E-state index in [-0.39, 0.29) is 30.7 Å². The molecule has 0 aromatic heterocycles. The van der Waals surface area contributed by atoms with E-state index >= 15 is 0 Å². The molecule has 0 saturated carbocycles. The van der Waals surface area contributed by atoms with Crippen LogP contribution in [0.25, 0.3) is 0 Å². The van der Waals surface area contributed by atoms with Gasteiger partial charge >= 0.3 is 5.97 Å². The number of carboxylic acids is 1. The summed E-state index contributed by atoms with van der Waals surface area (Å²) in [7, 11) is 1.60. The highest BCUT2D eigenvalue weighted by Crippen LogP contribution is 2.21. The fraction of sp³-hybridized carbons (Fsp3) is 0.786. The van der Waals surface area contributed by atoms with Gasteiger partial charge in [0.05, 0.1) is 6.42 Å². The summed E-state index contributed by atoms with van der Waals surface area (Å²) in [5, 5.41) is 8.66. The highest BCUT2D eigenvalue weighted by Gasteiger charge is 2.34. The minimum Gasteiger partial charge on any atom is -0.481 e. The Labute approximate surface area is 119 Å². The monoisotopic (exact) mass is 284 g/mol. The maximum absolute atomic E-state index is 12.4. The number of nitrogens with zero attached hydrogens (tertiary/aromatic N) is 2. The van der Waals surface area contributed by atoms with Crippen molar-refractivity contribution in [2.45, 2.75) is 45.6 Å². The Morgan fingerprint density at radius 2 is 1.95 bits per heavy atom. The molecule has 0 aromatic carbocycles. The van der Waals surface area contributed by atoms with E-state index in [1.165, 1.54) is 4.90 Å². The average Bonchev–Trinajstić information content (AvgIpc) is 2.42. The van der Waals surface area contributed by atoms with Gasteiger partial charge < -0.3 is 14.9 Å². The summed E-state index contributed by atoms with van der Waals surface area (Å²) in [6.07, 6.45) is 2.42. The van der Waals surface area contributed by atoms with E-state index in [2.05, 4.69) is 0 Å². The summed E-state index contributed by atoms with van der Waals surface area (Å²) in [6.45, 7) is 4.44. The van der Waals surface area contributed by atoms with Gasteiger partial charge in [0.25, 0.3) is 0 Å². The van der Waals surface area contributed by atoms with Crippen molar-refractivity contribution in [3.63, 3.8) is 0 Å². The number of likely N-dealkylation sites (N-methyl/N-ethyl adjacent to an activating group) is 1. The van der Waals surface area contributed by atoms with Gasteiger partial charge in [-0.05, 0) is 19.3 Å². The number of rotatable bonds is 5. The van der Waals surface area contributed by atoms with Crippen LogP contribution in [0.4, 0.5) is 0 Å². The largest absolute Gasteiger partial charge is 0.481 e. The summed E-state index contributed by atoms with van der Waals surface area (Å²) < 4.78 is 0. The van der Waals surface area contributed by atoms with Gasteiger partial charge in [0.2, 0.25) is 11.8 Å². The van der Waals surface area contributed by atoms with E-state index in [4.69, 9.17) is 5.11 Å². The third-order valence-electron chi connectivity index (χ3n) is 3.60. The molecule has 1 atom stereocenters. The topological polar surface area (TPSA) is 77.9 Å². The average molecular weight is 284 g/mol. The second-order valence-corrected chi connectivity index (χ2v) is 5.60. The van der Waals surface area contributed by atoms with E-state index in [1.807, 2.05) is 13.8 Å². The van der Waals surface area contributed by atoms with E-state index in [9.17, 15) is 14.4 Å². The molecular weight excluding hydrogens is 260 g/mol. The van der Waals surface area contributed by atoms with Crippen LogP contribution in [0.2, 0.25) is 0 Å². The summed E-state index contributed by atoms with van der Waals surface area (Å²) in [4.78, 5) is 38.2. The highest BCUT2D eigenvalue weighted by atomic mass is 16.4. The van der Waals surface area contributed by atoms with Crippen LogP contribution in [-0.4, -0.2) is 58.9 Å². The van der Waals surface area contributed by atoms with E-state index in [1.54, 1.807) is 11.9 Å². The minimum atomic E-state index is -0.927. The first kappa shape index (κ1) is 16.5. The molecule has 1 aliphatic rings. The Bertz CT molecular complexity index is 381. The number of aliphatic carboxylic acids is 1. The third-order valence-corrected chi connectivity index (χ3v) is 3.60.